The molecule has 0 N–H and O–H groups in total. The van der Waals surface area contributed by atoms with Crippen LogP contribution in [0.1, 0.15) is 32.4 Å². The molecule has 4 nitrogen and oxygen atoms in total. The third-order valence-electron chi connectivity index (χ3n) is 3.01. The van der Waals surface area contributed by atoms with Gasteiger partial charge >= 0.3 is 0 Å². The summed E-state index contributed by atoms with van der Waals surface area (Å²) in [6, 6.07) is 5.75. The smallest absolute Gasteiger partial charge is 0.164 e. The Morgan fingerprint density at radius 3 is 1.94 bits per heavy atom. The van der Waals surface area contributed by atoms with E-state index in [1.54, 1.807) is 14.2 Å². The summed E-state index contributed by atoms with van der Waals surface area (Å²) in [5, 5.41) is 0. The number of hydrogen-bond acceptors (Lipinski definition) is 4. The van der Waals surface area contributed by atoms with Crippen molar-refractivity contribution in [2.45, 2.75) is 38.8 Å². The van der Waals surface area contributed by atoms with E-state index in [4.69, 9.17) is 18.9 Å². The number of methoxy groups -OCH3 is 2. The van der Waals surface area contributed by atoms with Gasteiger partial charge in [-0.15, -0.1) is 0 Å². The van der Waals surface area contributed by atoms with Crippen LogP contribution in [0.5, 0.6) is 11.5 Å². The van der Waals surface area contributed by atoms with Gasteiger partial charge in [0.2, 0.25) is 0 Å². The monoisotopic (exact) mass is 252 g/mol. The van der Waals surface area contributed by atoms with Crippen LogP contribution >= 0.6 is 0 Å². The van der Waals surface area contributed by atoms with Gasteiger partial charge in [-0.2, -0.15) is 0 Å². The zero-order chi connectivity index (χ0) is 13.3. The molecule has 2 rings (SSSR count). The van der Waals surface area contributed by atoms with Gasteiger partial charge in [0.05, 0.1) is 20.3 Å². The van der Waals surface area contributed by atoms with Crippen molar-refractivity contribution in [2.24, 2.45) is 0 Å². The summed E-state index contributed by atoms with van der Waals surface area (Å²) in [6.45, 7) is 5.84. The van der Waals surface area contributed by atoms with E-state index in [0.29, 0.717) is 0 Å². The lowest BCUT2D eigenvalue weighted by Gasteiger charge is -2.18. The summed E-state index contributed by atoms with van der Waals surface area (Å²) >= 11 is 0. The molecule has 1 aliphatic rings. The van der Waals surface area contributed by atoms with Crippen LogP contribution < -0.4 is 9.47 Å². The van der Waals surface area contributed by atoms with Crippen LogP contribution in [0.2, 0.25) is 0 Å². The average Bonchev–Trinajstić information content (AvgIpc) is 2.62. The Bertz CT molecular complexity index is 406. The highest BCUT2D eigenvalue weighted by molar-refractivity contribution is 5.40. The summed E-state index contributed by atoms with van der Waals surface area (Å²) in [5.41, 5.74) is 1.00. The van der Waals surface area contributed by atoms with Crippen molar-refractivity contribution in [1.29, 1.82) is 0 Å². The Morgan fingerprint density at radius 2 is 1.56 bits per heavy atom. The molecule has 2 atom stereocenters. The van der Waals surface area contributed by atoms with Gasteiger partial charge in [-0.25, -0.2) is 0 Å². The number of ether oxygens (including phenoxy) is 4. The van der Waals surface area contributed by atoms with E-state index in [2.05, 4.69) is 0 Å². The van der Waals surface area contributed by atoms with Crippen LogP contribution in [-0.4, -0.2) is 26.1 Å². The van der Waals surface area contributed by atoms with Crippen molar-refractivity contribution < 1.29 is 18.9 Å². The molecule has 100 valence electrons. The van der Waals surface area contributed by atoms with E-state index in [1.807, 2.05) is 39.0 Å². The lowest BCUT2D eigenvalue weighted by molar-refractivity contribution is -0.145. The first-order valence-electron chi connectivity index (χ1n) is 6.04. The van der Waals surface area contributed by atoms with E-state index in [9.17, 15) is 0 Å². The molecule has 1 aliphatic heterocycles. The van der Waals surface area contributed by atoms with Crippen LogP contribution in [0.3, 0.4) is 0 Å². The van der Waals surface area contributed by atoms with Gasteiger partial charge in [-0.05, 0) is 38.5 Å². The Labute approximate surface area is 108 Å². The zero-order valence-electron chi connectivity index (χ0n) is 11.5. The molecule has 0 amide bonds. The molecule has 1 saturated heterocycles. The third kappa shape index (κ3) is 2.60. The highest BCUT2D eigenvalue weighted by Gasteiger charge is 2.39. The van der Waals surface area contributed by atoms with E-state index in [1.165, 1.54) is 0 Å². The fourth-order valence-corrected chi connectivity index (χ4v) is 2.27. The quantitative estimate of drug-likeness (QED) is 0.829. The van der Waals surface area contributed by atoms with Gasteiger partial charge in [0.15, 0.2) is 5.79 Å². The highest BCUT2D eigenvalue weighted by Crippen LogP contribution is 2.40. The Kier molecular flexibility index (Phi) is 3.50. The van der Waals surface area contributed by atoms with Crippen molar-refractivity contribution in [3.63, 3.8) is 0 Å². The van der Waals surface area contributed by atoms with Gasteiger partial charge in [0.1, 0.15) is 17.6 Å². The summed E-state index contributed by atoms with van der Waals surface area (Å²) in [7, 11) is 3.27. The molecule has 0 spiro atoms. The molecule has 18 heavy (non-hydrogen) atoms. The molecular formula is C14H20O4. The minimum absolute atomic E-state index is 0.00295. The fraction of sp³-hybridized carbons (Fsp3) is 0.571. The molecule has 0 radical (unpaired) electrons. The highest BCUT2D eigenvalue weighted by atomic mass is 16.7. The van der Waals surface area contributed by atoms with Crippen LogP contribution in [-0.2, 0) is 9.47 Å². The van der Waals surface area contributed by atoms with E-state index < -0.39 is 5.79 Å². The number of rotatable bonds is 3. The number of hydrogen-bond donors (Lipinski definition) is 0. The van der Waals surface area contributed by atoms with E-state index >= 15 is 0 Å². The molecule has 0 aliphatic carbocycles. The molecular weight excluding hydrogens is 232 g/mol. The molecule has 0 unspecified atom stereocenters. The SMILES string of the molecule is COc1cc(OC)cc([C@@H]2OC(C)(C)O[C@H]2C)c1. The van der Waals surface area contributed by atoms with Gasteiger partial charge in [0.25, 0.3) is 0 Å². The molecule has 1 aromatic carbocycles. The van der Waals surface area contributed by atoms with Crippen molar-refractivity contribution in [3.8, 4) is 11.5 Å². The molecule has 0 bridgehead atoms. The van der Waals surface area contributed by atoms with Gasteiger partial charge in [0, 0.05) is 6.07 Å². The van der Waals surface area contributed by atoms with Crippen LogP contribution in [0.15, 0.2) is 18.2 Å². The van der Waals surface area contributed by atoms with Crippen LogP contribution in [0.4, 0.5) is 0 Å². The maximum Gasteiger partial charge on any atom is 0.164 e. The predicted molar refractivity (Wildman–Crippen MR) is 68.0 cm³/mol. The summed E-state index contributed by atoms with van der Waals surface area (Å²) in [5.74, 6) is 0.954. The lowest BCUT2D eigenvalue weighted by Crippen LogP contribution is -2.20. The summed E-state index contributed by atoms with van der Waals surface area (Å²) in [4.78, 5) is 0. The maximum absolute atomic E-state index is 5.91. The van der Waals surface area contributed by atoms with Crippen molar-refractivity contribution in [2.75, 3.05) is 14.2 Å². The fourth-order valence-electron chi connectivity index (χ4n) is 2.27. The minimum atomic E-state index is -0.555. The van der Waals surface area contributed by atoms with Crippen LogP contribution in [0.25, 0.3) is 0 Å². The molecule has 0 aromatic heterocycles. The first-order chi connectivity index (χ1) is 8.45. The standard InChI is InChI=1S/C14H20O4/c1-9-13(18-14(2,3)17-9)10-6-11(15-4)8-12(7-10)16-5/h6-9,13H,1-5H3/t9-,13+/m0/s1. The molecule has 0 saturated carbocycles. The minimum Gasteiger partial charge on any atom is -0.497 e. The Balaban J connectivity index is 2.33. The lowest BCUT2D eigenvalue weighted by atomic mass is 10.0. The molecule has 1 heterocycles. The van der Waals surface area contributed by atoms with Gasteiger partial charge < -0.3 is 18.9 Å². The van der Waals surface area contributed by atoms with Crippen molar-refractivity contribution >= 4 is 0 Å². The Hall–Kier alpha value is -1.26. The van der Waals surface area contributed by atoms with E-state index in [0.717, 1.165) is 17.1 Å². The second kappa shape index (κ2) is 4.78. The van der Waals surface area contributed by atoms with Crippen molar-refractivity contribution in [3.05, 3.63) is 23.8 Å². The predicted octanol–water partition coefficient (Wildman–Crippen LogP) is 2.92. The molecule has 1 aromatic rings. The Morgan fingerprint density at radius 1 is 1.00 bits per heavy atom. The maximum atomic E-state index is 5.91. The van der Waals surface area contributed by atoms with Gasteiger partial charge in [-0.1, -0.05) is 0 Å². The summed E-state index contributed by atoms with van der Waals surface area (Å²) < 4.78 is 22.2. The summed E-state index contributed by atoms with van der Waals surface area (Å²) in [6.07, 6.45) is -0.110. The number of benzene rings is 1. The van der Waals surface area contributed by atoms with Crippen LogP contribution in [0, 0.1) is 0 Å². The third-order valence-corrected chi connectivity index (χ3v) is 3.01. The molecule has 4 heteroatoms. The second-order valence-electron chi connectivity index (χ2n) is 4.91. The van der Waals surface area contributed by atoms with E-state index in [-0.39, 0.29) is 12.2 Å². The molecule has 1 fully saturated rings. The first kappa shape index (κ1) is 13.2. The zero-order valence-corrected chi connectivity index (χ0v) is 11.5. The van der Waals surface area contributed by atoms with Crippen molar-refractivity contribution in [1.82, 2.24) is 0 Å². The second-order valence-corrected chi connectivity index (χ2v) is 4.91. The largest absolute Gasteiger partial charge is 0.497 e. The van der Waals surface area contributed by atoms with Gasteiger partial charge in [-0.3, -0.25) is 0 Å². The normalized spacial score (nSPS) is 26.1. The topological polar surface area (TPSA) is 36.9 Å². The first-order valence-corrected chi connectivity index (χ1v) is 6.04. The average molecular weight is 252 g/mol.